The molecule has 0 saturated carbocycles. The molecule has 4 nitrogen and oxygen atoms in total. The van der Waals surface area contributed by atoms with Gasteiger partial charge in [0.05, 0.1) is 6.42 Å². The summed E-state index contributed by atoms with van der Waals surface area (Å²) >= 11 is 0. The Morgan fingerprint density at radius 2 is 2.11 bits per heavy atom. The van der Waals surface area contributed by atoms with Crippen LogP contribution in [-0.4, -0.2) is 34.5 Å². The number of aliphatic carboxylic acids is 1. The molecule has 1 aliphatic heterocycles. The first kappa shape index (κ1) is 12.6. The number of rotatable bonds is 3. The number of carbonyl (C=O) groups excluding carboxylic acids is 1. The maximum Gasteiger partial charge on any atom is 0.326 e. The number of nitrogens with zero attached hydrogens (tertiary/aromatic N) is 1. The number of carboxylic acid groups (broad SMARTS) is 1. The zero-order valence-electron chi connectivity index (χ0n) is 10.4. The fourth-order valence-corrected chi connectivity index (χ4v) is 2.39. The van der Waals surface area contributed by atoms with Crippen LogP contribution in [0.1, 0.15) is 24.0 Å². The highest BCUT2D eigenvalue weighted by molar-refractivity contribution is 5.85. The summed E-state index contributed by atoms with van der Waals surface area (Å²) < 4.78 is 0. The summed E-state index contributed by atoms with van der Waals surface area (Å²) in [6.45, 7) is 2.52. The second-order valence-corrected chi connectivity index (χ2v) is 4.69. The van der Waals surface area contributed by atoms with Gasteiger partial charge in [0.2, 0.25) is 5.91 Å². The molecule has 1 aliphatic rings. The van der Waals surface area contributed by atoms with Crippen LogP contribution in [0.5, 0.6) is 0 Å². The molecule has 1 atom stereocenters. The van der Waals surface area contributed by atoms with Crippen molar-refractivity contribution in [3.05, 3.63) is 35.4 Å². The molecule has 96 valence electrons. The molecule has 0 radical (unpaired) electrons. The standard InChI is InChI=1S/C14H17NO3/c1-10-5-2-3-6-11(10)9-13(16)15-8-4-7-12(15)14(17)18/h2-3,5-6,12H,4,7-9H2,1H3,(H,17,18)/t12-/m1/s1. The highest BCUT2D eigenvalue weighted by atomic mass is 16.4. The van der Waals surface area contributed by atoms with Crippen molar-refractivity contribution < 1.29 is 14.7 Å². The lowest BCUT2D eigenvalue weighted by atomic mass is 10.1. The predicted molar refractivity (Wildman–Crippen MR) is 67.3 cm³/mol. The molecule has 1 aromatic carbocycles. The average molecular weight is 247 g/mol. The predicted octanol–water partition coefficient (Wildman–Crippen LogP) is 1.61. The van der Waals surface area contributed by atoms with Gasteiger partial charge < -0.3 is 10.0 Å². The average Bonchev–Trinajstić information content (AvgIpc) is 2.81. The Morgan fingerprint density at radius 1 is 1.39 bits per heavy atom. The van der Waals surface area contributed by atoms with Crippen LogP contribution < -0.4 is 0 Å². The lowest BCUT2D eigenvalue weighted by Gasteiger charge is -2.21. The molecule has 1 heterocycles. The van der Waals surface area contributed by atoms with E-state index in [4.69, 9.17) is 5.11 Å². The van der Waals surface area contributed by atoms with E-state index < -0.39 is 12.0 Å². The molecule has 0 aliphatic carbocycles. The van der Waals surface area contributed by atoms with Gasteiger partial charge in [-0.3, -0.25) is 4.79 Å². The Bertz CT molecular complexity index is 470. The summed E-state index contributed by atoms with van der Waals surface area (Å²) in [5.74, 6) is -0.986. The van der Waals surface area contributed by atoms with Gasteiger partial charge in [0.15, 0.2) is 0 Å². The van der Waals surface area contributed by atoms with E-state index in [1.807, 2.05) is 31.2 Å². The van der Waals surface area contributed by atoms with Crippen molar-refractivity contribution >= 4 is 11.9 Å². The maximum atomic E-state index is 12.1. The first-order valence-electron chi connectivity index (χ1n) is 6.16. The SMILES string of the molecule is Cc1ccccc1CC(=O)N1CCC[C@@H]1C(=O)O. The van der Waals surface area contributed by atoms with E-state index in [2.05, 4.69) is 0 Å². The highest BCUT2D eigenvalue weighted by Crippen LogP contribution is 2.19. The van der Waals surface area contributed by atoms with Crippen LogP contribution in [-0.2, 0) is 16.0 Å². The molecule has 18 heavy (non-hydrogen) atoms. The number of hydrogen-bond acceptors (Lipinski definition) is 2. The van der Waals surface area contributed by atoms with Gasteiger partial charge in [-0.2, -0.15) is 0 Å². The summed E-state index contributed by atoms with van der Waals surface area (Å²) in [5, 5.41) is 9.06. The normalized spacial score (nSPS) is 18.9. The van der Waals surface area contributed by atoms with Crippen LogP contribution >= 0.6 is 0 Å². The van der Waals surface area contributed by atoms with E-state index in [-0.39, 0.29) is 12.3 Å². The highest BCUT2D eigenvalue weighted by Gasteiger charge is 2.33. The van der Waals surface area contributed by atoms with Gasteiger partial charge >= 0.3 is 5.97 Å². The van der Waals surface area contributed by atoms with Gasteiger partial charge in [0.25, 0.3) is 0 Å². The maximum absolute atomic E-state index is 12.1. The Morgan fingerprint density at radius 3 is 2.78 bits per heavy atom. The van der Waals surface area contributed by atoms with Gasteiger partial charge in [-0.15, -0.1) is 0 Å². The van der Waals surface area contributed by atoms with Gasteiger partial charge in [0, 0.05) is 6.54 Å². The quantitative estimate of drug-likeness (QED) is 0.882. The summed E-state index contributed by atoms with van der Waals surface area (Å²) in [4.78, 5) is 24.7. The number of hydrogen-bond donors (Lipinski definition) is 1. The molecule has 1 fully saturated rings. The first-order valence-corrected chi connectivity index (χ1v) is 6.16. The Kier molecular flexibility index (Phi) is 3.65. The molecule has 1 amide bonds. The van der Waals surface area contributed by atoms with Gasteiger partial charge in [-0.05, 0) is 30.9 Å². The van der Waals surface area contributed by atoms with Crippen molar-refractivity contribution in [3.8, 4) is 0 Å². The van der Waals surface area contributed by atoms with Crippen LogP contribution in [0.25, 0.3) is 0 Å². The van der Waals surface area contributed by atoms with Crippen LogP contribution in [0.4, 0.5) is 0 Å². The van der Waals surface area contributed by atoms with E-state index in [1.165, 1.54) is 4.90 Å². The third kappa shape index (κ3) is 2.53. The summed E-state index contributed by atoms with van der Waals surface area (Å²) in [7, 11) is 0. The Balaban J connectivity index is 2.08. The smallest absolute Gasteiger partial charge is 0.326 e. The molecule has 0 unspecified atom stereocenters. The van der Waals surface area contributed by atoms with Crippen LogP contribution in [0, 0.1) is 6.92 Å². The third-order valence-corrected chi connectivity index (χ3v) is 3.46. The lowest BCUT2D eigenvalue weighted by Crippen LogP contribution is -2.41. The Labute approximate surface area is 106 Å². The van der Waals surface area contributed by atoms with Crippen molar-refractivity contribution in [3.63, 3.8) is 0 Å². The van der Waals surface area contributed by atoms with E-state index in [0.29, 0.717) is 13.0 Å². The largest absolute Gasteiger partial charge is 0.480 e. The molecule has 0 aromatic heterocycles. The van der Waals surface area contributed by atoms with Crippen molar-refractivity contribution in [1.82, 2.24) is 4.90 Å². The van der Waals surface area contributed by atoms with E-state index in [9.17, 15) is 9.59 Å². The zero-order valence-corrected chi connectivity index (χ0v) is 10.4. The van der Waals surface area contributed by atoms with Crippen molar-refractivity contribution in [1.29, 1.82) is 0 Å². The van der Waals surface area contributed by atoms with Crippen LogP contribution in [0.3, 0.4) is 0 Å². The Hall–Kier alpha value is -1.84. The molecule has 4 heteroatoms. The topological polar surface area (TPSA) is 57.6 Å². The van der Waals surface area contributed by atoms with Crippen molar-refractivity contribution in [2.75, 3.05) is 6.54 Å². The van der Waals surface area contributed by atoms with Crippen LogP contribution in [0.2, 0.25) is 0 Å². The fourth-order valence-electron chi connectivity index (χ4n) is 2.39. The van der Waals surface area contributed by atoms with Gasteiger partial charge in [-0.25, -0.2) is 4.79 Å². The number of benzene rings is 1. The summed E-state index contributed by atoms with van der Waals surface area (Å²) in [6, 6.07) is 7.06. The number of carbonyl (C=O) groups is 2. The lowest BCUT2D eigenvalue weighted by molar-refractivity contribution is -0.148. The first-order chi connectivity index (χ1) is 8.59. The number of aryl methyl sites for hydroxylation is 1. The summed E-state index contributed by atoms with van der Waals surface area (Å²) in [6.07, 6.45) is 1.63. The molecule has 2 rings (SSSR count). The monoisotopic (exact) mass is 247 g/mol. The van der Waals surface area contributed by atoms with E-state index in [1.54, 1.807) is 0 Å². The molecule has 1 N–H and O–H groups in total. The zero-order chi connectivity index (χ0) is 13.1. The van der Waals surface area contributed by atoms with Gasteiger partial charge in [0.1, 0.15) is 6.04 Å². The molecule has 0 bridgehead atoms. The molecule has 1 saturated heterocycles. The number of likely N-dealkylation sites (tertiary alicyclic amines) is 1. The molecular weight excluding hydrogens is 230 g/mol. The second kappa shape index (κ2) is 5.21. The van der Waals surface area contributed by atoms with Crippen LogP contribution in [0.15, 0.2) is 24.3 Å². The minimum atomic E-state index is -0.898. The third-order valence-electron chi connectivity index (χ3n) is 3.46. The minimum absolute atomic E-state index is 0.0887. The number of amides is 1. The fraction of sp³-hybridized carbons (Fsp3) is 0.429. The van der Waals surface area contributed by atoms with Gasteiger partial charge in [-0.1, -0.05) is 24.3 Å². The van der Waals surface area contributed by atoms with Crippen molar-refractivity contribution in [2.45, 2.75) is 32.2 Å². The molecular formula is C14H17NO3. The van der Waals surface area contributed by atoms with E-state index in [0.717, 1.165) is 17.5 Å². The molecule has 0 spiro atoms. The van der Waals surface area contributed by atoms with Crippen molar-refractivity contribution in [2.24, 2.45) is 0 Å². The molecule has 1 aromatic rings. The number of carboxylic acids is 1. The minimum Gasteiger partial charge on any atom is -0.480 e. The van der Waals surface area contributed by atoms with E-state index >= 15 is 0 Å². The summed E-state index contributed by atoms with van der Waals surface area (Å²) in [5.41, 5.74) is 2.04. The second-order valence-electron chi connectivity index (χ2n) is 4.69.